The Morgan fingerprint density at radius 1 is 0.812 bits per heavy atom. The smallest absolute Gasteiger partial charge is 0.493 e. The Labute approximate surface area is 488 Å². The number of ether oxygens (including phenoxy) is 11. The van der Waals surface area contributed by atoms with Gasteiger partial charge in [0.15, 0.2) is 35.6 Å². The lowest BCUT2D eigenvalue weighted by Gasteiger charge is -2.47. The number of rotatable bonds is 24. The Balaban J connectivity index is 0.832. The number of carbonyl (C=O) groups is 8. The molecular formula is C58H70N6O21. The average molecular weight is 1190 g/mol. The van der Waals surface area contributed by atoms with Gasteiger partial charge in [-0.3, -0.25) is 33.7 Å². The minimum absolute atomic E-state index is 0.0429. The number of aliphatic hydroxyl groups excluding tert-OH is 2. The fourth-order valence-electron chi connectivity index (χ4n) is 11.2. The van der Waals surface area contributed by atoms with Gasteiger partial charge in [0.05, 0.1) is 39.5 Å². The van der Waals surface area contributed by atoms with Crippen LogP contribution >= 0.6 is 0 Å². The zero-order valence-corrected chi connectivity index (χ0v) is 47.4. The molecule has 0 spiro atoms. The summed E-state index contributed by atoms with van der Waals surface area (Å²) in [5.74, 6) is -4.81. The molecule has 85 heavy (non-hydrogen) atoms. The van der Waals surface area contributed by atoms with Crippen LogP contribution in [0.25, 0.3) is 0 Å². The van der Waals surface area contributed by atoms with Gasteiger partial charge >= 0.3 is 18.2 Å². The van der Waals surface area contributed by atoms with Gasteiger partial charge in [-0.25, -0.2) is 9.59 Å². The fraction of sp³-hybridized carbons (Fsp3) is 0.517. The first kappa shape index (κ1) is 61.5. The Hall–Kier alpha value is -8.08. The minimum atomic E-state index is -1.54. The average Bonchev–Trinajstić information content (AvgIpc) is 3.81. The van der Waals surface area contributed by atoms with Crippen LogP contribution in [-0.4, -0.2) is 159 Å². The molecule has 8 N–H and O–H groups in total. The number of esters is 1. The van der Waals surface area contributed by atoms with Crippen molar-refractivity contribution in [1.82, 2.24) is 20.9 Å². The number of urea groups is 1. The number of nitrogens with zero attached hydrogens (tertiary/aromatic N) is 1. The highest BCUT2D eigenvalue weighted by Crippen LogP contribution is 2.57. The number of primary amides is 1. The van der Waals surface area contributed by atoms with E-state index in [0.29, 0.717) is 58.7 Å². The number of nitrogens with one attached hydrogen (secondary N) is 4. The third-order valence-electron chi connectivity index (χ3n) is 15.5. The number of nitrogens with two attached hydrogens (primary N) is 1. The summed E-state index contributed by atoms with van der Waals surface area (Å²) in [4.78, 5) is 104. The van der Waals surface area contributed by atoms with Gasteiger partial charge in [0.1, 0.15) is 43.1 Å². The largest absolute Gasteiger partial charge is 0.514 e. The second-order valence-electron chi connectivity index (χ2n) is 21.6. The van der Waals surface area contributed by atoms with Crippen LogP contribution in [0.1, 0.15) is 93.6 Å². The molecule has 0 unspecified atom stereocenters. The van der Waals surface area contributed by atoms with Crippen molar-refractivity contribution in [3.8, 4) is 28.7 Å². The fourth-order valence-corrected chi connectivity index (χ4v) is 11.2. The maximum absolute atomic E-state index is 13.9. The number of hydrogen-bond acceptors (Lipinski definition) is 21. The molecule has 3 fully saturated rings. The predicted molar refractivity (Wildman–Crippen MR) is 292 cm³/mol. The van der Waals surface area contributed by atoms with Gasteiger partial charge in [-0.1, -0.05) is 32.4 Å². The number of amides is 7. The first-order chi connectivity index (χ1) is 40.8. The van der Waals surface area contributed by atoms with E-state index < -0.39 is 109 Å². The lowest BCUT2D eigenvalue weighted by atomic mass is 9.66. The van der Waals surface area contributed by atoms with E-state index in [1.165, 1.54) is 26.4 Å². The highest BCUT2D eigenvalue weighted by atomic mass is 16.8. The third-order valence-corrected chi connectivity index (χ3v) is 15.5. The summed E-state index contributed by atoms with van der Waals surface area (Å²) in [6.45, 7) is 5.16. The summed E-state index contributed by atoms with van der Waals surface area (Å²) < 4.78 is 64.1. The summed E-state index contributed by atoms with van der Waals surface area (Å²) >= 11 is 0. The number of cyclic esters (lactones) is 1. The zero-order chi connectivity index (χ0) is 60.6. The van der Waals surface area contributed by atoms with Gasteiger partial charge < -0.3 is 89.3 Å². The Morgan fingerprint density at radius 2 is 1.51 bits per heavy atom. The van der Waals surface area contributed by atoms with Crippen molar-refractivity contribution in [3.05, 3.63) is 82.9 Å². The molecule has 5 heterocycles. The maximum Gasteiger partial charge on any atom is 0.514 e. The summed E-state index contributed by atoms with van der Waals surface area (Å²) in [5.41, 5.74) is 7.68. The topological polar surface area (TPSA) is 356 Å². The molecule has 458 valence electrons. The number of benzene rings is 3. The molecule has 3 saturated heterocycles. The molecule has 0 bridgehead atoms. The van der Waals surface area contributed by atoms with Crippen LogP contribution in [0.3, 0.4) is 0 Å². The molecule has 0 aromatic heterocycles. The van der Waals surface area contributed by atoms with Crippen LogP contribution in [0, 0.1) is 17.8 Å². The van der Waals surface area contributed by atoms with E-state index in [4.69, 9.17) is 57.8 Å². The van der Waals surface area contributed by atoms with Crippen LogP contribution in [0.2, 0.25) is 0 Å². The molecule has 0 radical (unpaired) electrons. The van der Waals surface area contributed by atoms with Crippen molar-refractivity contribution in [2.24, 2.45) is 23.5 Å². The monoisotopic (exact) mass is 1190 g/mol. The standard InChI is InChI=1S/C58H70N6O21/c1-28(2)47(63-42(65)11-7-6-8-19-64-43(66)16-17-44(64)67)54(71)62-36(10-9-18-60-57(59)73)53(70)61-32-14-12-30(13-15-32)24-79-58(74)85-51-39(75-4)20-31(21-40(51)76-5)45-33-22-37-38(81-27-80-37)23-34(33)50(35-25-78-55(72)46(35)45)84-56-49(69)48(68)52-41(83-56)26-77-29(3)82-52/h12-17,20-23,28-29,35-36,41,45-50,52,56,68-69H,6-11,18-19,24-27H2,1-5H3,(H,61,70)(H,62,71)(H,63,65)(H3,59,60,73)/t29-,35+,36+,41-,45-,46+,47+,48-,49-,50-,52-,56+/m1/s1. The van der Waals surface area contributed by atoms with E-state index in [-0.39, 0.29) is 93.9 Å². The van der Waals surface area contributed by atoms with Crippen LogP contribution in [0.15, 0.2) is 60.7 Å². The number of methoxy groups -OCH3 is 2. The number of anilines is 1. The van der Waals surface area contributed by atoms with Crippen molar-refractivity contribution < 1.29 is 101 Å². The lowest BCUT2D eigenvalue weighted by molar-refractivity contribution is -0.364. The molecule has 12 atom stereocenters. The molecule has 27 heteroatoms. The molecule has 0 saturated carbocycles. The van der Waals surface area contributed by atoms with E-state index in [2.05, 4.69) is 21.3 Å². The SMILES string of the molecule is COc1cc([C@@H]2c3cc4c(cc3[C@@H](O[C@@H]3O[C@@H]5CO[C@@H](C)O[C@H]5[C@H](O)[C@H]3O)[C@H]3COC(=O)[C@H]23)OCO4)cc(OC)c1OC(=O)OCc1ccc(NC(=O)[C@H](CCCNC(N)=O)NC(=O)[C@@H](NC(=O)CCCCCN2C(=O)C=CC2=O)C(C)C)cc1. The van der Waals surface area contributed by atoms with E-state index in [0.717, 1.165) is 4.90 Å². The number of unbranched alkanes of at least 4 members (excludes halogenated alkanes) is 2. The Bertz CT molecular complexity index is 2990. The van der Waals surface area contributed by atoms with Gasteiger partial charge in [-0.15, -0.1) is 0 Å². The first-order valence-corrected chi connectivity index (χ1v) is 28.0. The molecular weight excluding hydrogens is 1120 g/mol. The lowest BCUT2D eigenvalue weighted by Crippen LogP contribution is -2.63. The third kappa shape index (κ3) is 14.2. The minimum Gasteiger partial charge on any atom is -0.493 e. The molecule has 6 aliphatic rings. The van der Waals surface area contributed by atoms with Gasteiger partial charge in [0, 0.05) is 49.2 Å². The van der Waals surface area contributed by atoms with Gasteiger partial charge in [0.2, 0.25) is 30.3 Å². The summed E-state index contributed by atoms with van der Waals surface area (Å²) in [5, 5.41) is 33.2. The van der Waals surface area contributed by atoms with Crippen LogP contribution < -0.4 is 50.7 Å². The molecule has 1 aliphatic carbocycles. The van der Waals surface area contributed by atoms with Crippen LogP contribution in [0.4, 0.5) is 15.3 Å². The van der Waals surface area contributed by atoms with Gasteiger partial charge in [-0.2, -0.15) is 0 Å². The summed E-state index contributed by atoms with van der Waals surface area (Å²) in [6, 6.07) is 10.1. The van der Waals surface area contributed by atoms with Crippen molar-refractivity contribution in [2.45, 2.75) is 127 Å². The number of imide groups is 1. The van der Waals surface area contributed by atoms with Crippen molar-refractivity contribution in [2.75, 3.05) is 52.6 Å². The van der Waals surface area contributed by atoms with Crippen molar-refractivity contribution >= 4 is 53.4 Å². The number of hydrogen-bond donors (Lipinski definition) is 7. The normalized spacial score (nSPS) is 25.2. The van der Waals surface area contributed by atoms with Crippen molar-refractivity contribution in [1.29, 1.82) is 0 Å². The van der Waals surface area contributed by atoms with Crippen LogP contribution in [-0.2, 0) is 63.8 Å². The molecule has 7 amide bonds. The second-order valence-corrected chi connectivity index (χ2v) is 21.6. The molecule has 27 nitrogen and oxygen atoms in total. The van der Waals surface area contributed by atoms with E-state index in [9.17, 15) is 48.6 Å². The quantitative estimate of drug-likeness (QED) is 0.0293. The van der Waals surface area contributed by atoms with Gasteiger partial charge in [0.25, 0.3) is 11.8 Å². The number of aliphatic hydroxyl groups is 2. The first-order valence-electron chi connectivity index (χ1n) is 28.0. The zero-order valence-electron chi connectivity index (χ0n) is 47.4. The predicted octanol–water partition coefficient (Wildman–Crippen LogP) is 2.85. The molecule has 3 aromatic rings. The number of carbonyl (C=O) groups excluding carboxylic acids is 8. The summed E-state index contributed by atoms with van der Waals surface area (Å²) in [7, 11) is 2.72. The van der Waals surface area contributed by atoms with E-state index in [1.54, 1.807) is 69.3 Å². The van der Waals surface area contributed by atoms with Crippen molar-refractivity contribution in [3.63, 3.8) is 0 Å². The molecule has 5 aliphatic heterocycles. The second kappa shape index (κ2) is 27.3. The summed E-state index contributed by atoms with van der Waals surface area (Å²) in [6.07, 6.45) is -4.28. The maximum atomic E-state index is 13.9. The van der Waals surface area contributed by atoms with E-state index >= 15 is 0 Å². The Morgan fingerprint density at radius 3 is 2.18 bits per heavy atom. The highest BCUT2D eigenvalue weighted by molar-refractivity contribution is 6.12. The molecule has 9 rings (SSSR count). The van der Waals surface area contributed by atoms with Crippen LogP contribution in [0.5, 0.6) is 28.7 Å². The highest BCUT2D eigenvalue weighted by Gasteiger charge is 2.56. The van der Waals surface area contributed by atoms with E-state index in [1.807, 2.05) is 0 Å². The Kier molecular flexibility index (Phi) is 19.8. The number of fused-ring (bicyclic) bond motifs is 4. The van der Waals surface area contributed by atoms with Gasteiger partial charge in [-0.05, 0) is 97.2 Å². The molecule has 3 aromatic carbocycles.